The lowest BCUT2D eigenvalue weighted by atomic mass is 10.1. The monoisotopic (exact) mass is 455 g/mol. The van der Waals surface area contributed by atoms with Crippen molar-refractivity contribution in [2.75, 3.05) is 19.5 Å². The Balaban J connectivity index is 1.53. The molecule has 4 aromatic rings. The van der Waals surface area contributed by atoms with Crippen molar-refractivity contribution in [1.29, 1.82) is 0 Å². The molecule has 31 heavy (non-hydrogen) atoms. The lowest BCUT2D eigenvalue weighted by Crippen LogP contribution is -2.14. The highest BCUT2D eigenvalue weighted by atomic mass is 35.5. The third-order valence-corrected chi connectivity index (χ3v) is 5.43. The summed E-state index contributed by atoms with van der Waals surface area (Å²) in [6.07, 6.45) is 0. The molecule has 1 amide bonds. The van der Waals surface area contributed by atoms with Crippen LogP contribution in [0.5, 0.6) is 11.5 Å². The van der Waals surface area contributed by atoms with Crippen LogP contribution in [0.4, 0.5) is 5.13 Å². The number of halogens is 1. The third kappa shape index (κ3) is 4.37. The van der Waals surface area contributed by atoms with E-state index in [2.05, 4.69) is 20.5 Å². The number of hydrogen-bond donors (Lipinski definition) is 1. The average molecular weight is 456 g/mol. The van der Waals surface area contributed by atoms with Gasteiger partial charge in [-0.2, -0.15) is 9.90 Å². The van der Waals surface area contributed by atoms with Crippen LogP contribution in [0.2, 0.25) is 5.02 Å². The highest BCUT2D eigenvalue weighted by Crippen LogP contribution is 2.33. The molecule has 4 rings (SSSR count). The third-order valence-electron chi connectivity index (χ3n) is 4.44. The number of carbonyl (C=O) groups is 1. The molecule has 0 atom stereocenters. The van der Waals surface area contributed by atoms with Crippen molar-refractivity contribution in [3.05, 3.63) is 64.3 Å². The highest BCUT2D eigenvalue weighted by Gasteiger charge is 2.18. The Morgan fingerprint density at radius 2 is 1.90 bits per heavy atom. The van der Waals surface area contributed by atoms with Gasteiger partial charge in [-0.25, -0.2) is 4.98 Å². The van der Waals surface area contributed by atoms with Gasteiger partial charge in [-0.15, -0.1) is 16.4 Å². The second kappa shape index (κ2) is 8.75. The Kier molecular flexibility index (Phi) is 5.88. The van der Waals surface area contributed by atoms with Gasteiger partial charge in [0, 0.05) is 16.0 Å². The molecule has 2 aromatic carbocycles. The summed E-state index contributed by atoms with van der Waals surface area (Å²) in [5.74, 6) is 0.846. The zero-order valence-corrected chi connectivity index (χ0v) is 18.5. The minimum Gasteiger partial charge on any atom is -0.493 e. The number of nitrogens with zero attached hydrogens (tertiary/aromatic N) is 4. The fourth-order valence-electron chi connectivity index (χ4n) is 2.92. The van der Waals surface area contributed by atoms with E-state index in [-0.39, 0.29) is 11.6 Å². The molecule has 0 saturated carbocycles. The molecule has 2 heterocycles. The molecule has 0 aliphatic rings. The predicted molar refractivity (Wildman–Crippen MR) is 120 cm³/mol. The van der Waals surface area contributed by atoms with Crippen molar-refractivity contribution in [2.45, 2.75) is 6.92 Å². The molecule has 1 N–H and O–H groups in total. The van der Waals surface area contributed by atoms with Gasteiger partial charge < -0.3 is 9.47 Å². The number of rotatable bonds is 6. The molecular formula is C21H18ClN5O3S. The van der Waals surface area contributed by atoms with Crippen LogP contribution in [0.3, 0.4) is 0 Å². The maximum absolute atomic E-state index is 12.8. The van der Waals surface area contributed by atoms with Crippen molar-refractivity contribution in [3.63, 3.8) is 0 Å². The normalized spacial score (nSPS) is 10.7. The van der Waals surface area contributed by atoms with Crippen LogP contribution in [0, 0.1) is 6.92 Å². The summed E-state index contributed by atoms with van der Waals surface area (Å²) in [5, 5.41) is 14.3. The molecule has 0 aliphatic heterocycles. The van der Waals surface area contributed by atoms with Crippen molar-refractivity contribution in [3.8, 4) is 28.4 Å². The molecule has 0 fully saturated rings. The summed E-state index contributed by atoms with van der Waals surface area (Å²) in [7, 11) is 3.16. The number of hydrogen-bond acceptors (Lipinski definition) is 7. The van der Waals surface area contributed by atoms with E-state index in [1.165, 1.54) is 16.1 Å². The van der Waals surface area contributed by atoms with Gasteiger partial charge in [0.2, 0.25) is 0 Å². The molecule has 0 spiro atoms. The van der Waals surface area contributed by atoms with Crippen LogP contribution >= 0.6 is 22.9 Å². The number of aromatic nitrogens is 4. The zero-order chi connectivity index (χ0) is 22.0. The maximum atomic E-state index is 12.8. The standard InChI is InChI=1S/C21H18ClN5O3S/c1-12-19(26-27(25-12)15-6-4-5-14(22)10-15)20(28)24-21-23-16(11-31-21)13-7-8-17(29-2)18(9-13)30-3/h4-11H,1-3H3,(H,23,24,28). The Hall–Kier alpha value is -3.43. The Labute approximate surface area is 187 Å². The molecule has 0 unspecified atom stereocenters. The summed E-state index contributed by atoms with van der Waals surface area (Å²) >= 11 is 7.34. The molecule has 10 heteroatoms. The van der Waals surface area contributed by atoms with E-state index in [1.54, 1.807) is 39.3 Å². The molecular weight excluding hydrogens is 438 g/mol. The fourth-order valence-corrected chi connectivity index (χ4v) is 3.82. The minimum atomic E-state index is -0.390. The summed E-state index contributed by atoms with van der Waals surface area (Å²) in [6, 6.07) is 12.6. The van der Waals surface area contributed by atoms with Crippen LogP contribution in [-0.4, -0.2) is 40.1 Å². The van der Waals surface area contributed by atoms with E-state index >= 15 is 0 Å². The van der Waals surface area contributed by atoms with E-state index in [1.807, 2.05) is 29.6 Å². The van der Waals surface area contributed by atoms with Crippen LogP contribution in [0.15, 0.2) is 47.8 Å². The van der Waals surface area contributed by atoms with Crippen molar-refractivity contribution < 1.29 is 14.3 Å². The number of anilines is 1. The lowest BCUT2D eigenvalue weighted by molar-refractivity contribution is 0.102. The van der Waals surface area contributed by atoms with Gasteiger partial charge in [-0.1, -0.05) is 17.7 Å². The van der Waals surface area contributed by atoms with Crippen molar-refractivity contribution >= 4 is 34.0 Å². The fraction of sp³-hybridized carbons (Fsp3) is 0.143. The SMILES string of the molecule is COc1ccc(-c2csc(NC(=O)c3nn(-c4cccc(Cl)c4)nc3C)n2)cc1OC. The number of amides is 1. The van der Waals surface area contributed by atoms with Crippen molar-refractivity contribution in [2.24, 2.45) is 0 Å². The smallest absolute Gasteiger partial charge is 0.279 e. The van der Waals surface area contributed by atoms with Crippen LogP contribution in [0.1, 0.15) is 16.2 Å². The largest absolute Gasteiger partial charge is 0.493 e. The lowest BCUT2D eigenvalue weighted by Gasteiger charge is -2.08. The number of benzene rings is 2. The molecule has 0 aliphatic carbocycles. The summed E-state index contributed by atoms with van der Waals surface area (Å²) in [4.78, 5) is 18.6. The number of ether oxygens (including phenoxy) is 2. The molecule has 2 aromatic heterocycles. The quantitative estimate of drug-likeness (QED) is 0.456. The maximum Gasteiger partial charge on any atom is 0.279 e. The first kappa shape index (κ1) is 20.8. The second-order valence-corrected chi connectivity index (χ2v) is 7.76. The molecule has 0 bridgehead atoms. The first-order valence-corrected chi connectivity index (χ1v) is 10.4. The van der Waals surface area contributed by atoms with Gasteiger partial charge in [0.05, 0.1) is 31.3 Å². The van der Waals surface area contributed by atoms with Crippen LogP contribution in [0.25, 0.3) is 16.9 Å². The van der Waals surface area contributed by atoms with Crippen LogP contribution < -0.4 is 14.8 Å². The molecule has 0 saturated heterocycles. The number of thiazole rings is 1. The molecule has 158 valence electrons. The molecule has 8 nitrogen and oxygen atoms in total. The van der Waals surface area contributed by atoms with E-state index in [4.69, 9.17) is 21.1 Å². The van der Waals surface area contributed by atoms with Gasteiger partial charge in [-0.3, -0.25) is 10.1 Å². The highest BCUT2D eigenvalue weighted by molar-refractivity contribution is 7.14. The van der Waals surface area contributed by atoms with Gasteiger partial charge in [0.25, 0.3) is 5.91 Å². The van der Waals surface area contributed by atoms with Gasteiger partial charge in [-0.05, 0) is 43.3 Å². The zero-order valence-electron chi connectivity index (χ0n) is 16.9. The van der Waals surface area contributed by atoms with E-state index < -0.39 is 0 Å². The Morgan fingerprint density at radius 1 is 1.10 bits per heavy atom. The van der Waals surface area contributed by atoms with E-state index in [0.29, 0.717) is 38.7 Å². The van der Waals surface area contributed by atoms with E-state index in [9.17, 15) is 4.79 Å². The van der Waals surface area contributed by atoms with Gasteiger partial charge in [0.1, 0.15) is 0 Å². The minimum absolute atomic E-state index is 0.211. The Bertz CT molecular complexity index is 1250. The van der Waals surface area contributed by atoms with Crippen LogP contribution in [-0.2, 0) is 0 Å². The Morgan fingerprint density at radius 3 is 2.65 bits per heavy atom. The number of carbonyl (C=O) groups excluding carboxylic acids is 1. The number of methoxy groups -OCH3 is 2. The first-order chi connectivity index (χ1) is 15.0. The number of aryl methyl sites for hydroxylation is 1. The summed E-state index contributed by atoms with van der Waals surface area (Å²) in [5.41, 5.74) is 2.93. The van der Waals surface area contributed by atoms with E-state index in [0.717, 1.165) is 5.56 Å². The molecule has 0 radical (unpaired) electrons. The first-order valence-electron chi connectivity index (χ1n) is 9.17. The summed E-state index contributed by atoms with van der Waals surface area (Å²) in [6.45, 7) is 1.72. The summed E-state index contributed by atoms with van der Waals surface area (Å²) < 4.78 is 10.6. The van der Waals surface area contributed by atoms with Crippen molar-refractivity contribution in [1.82, 2.24) is 20.0 Å². The average Bonchev–Trinajstić information content (AvgIpc) is 3.40. The topological polar surface area (TPSA) is 91.2 Å². The predicted octanol–water partition coefficient (Wildman–Crippen LogP) is 4.62. The van der Waals surface area contributed by atoms with Gasteiger partial charge in [0.15, 0.2) is 22.3 Å². The number of nitrogens with one attached hydrogen (secondary N) is 1. The van der Waals surface area contributed by atoms with Gasteiger partial charge >= 0.3 is 0 Å². The second-order valence-electron chi connectivity index (χ2n) is 6.47.